The molecule has 2 unspecified atom stereocenters. The first kappa shape index (κ1) is 14.7. The molecule has 4 heteroatoms. The van der Waals surface area contributed by atoms with E-state index in [1.165, 1.54) is 0 Å². The average Bonchev–Trinajstić information content (AvgIpc) is 2.46. The van der Waals surface area contributed by atoms with E-state index in [9.17, 15) is 0 Å². The monoisotopic (exact) mass is 291 g/mol. The lowest BCUT2D eigenvalue weighted by Gasteiger charge is -2.23. The summed E-state index contributed by atoms with van der Waals surface area (Å²) in [5, 5.41) is 0.696. The van der Waals surface area contributed by atoms with E-state index in [2.05, 4.69) is 0 Å². The summed E-state index contributed by atoms with van der Waals surface area (Å²) in [6.45, 7) is 1.92. The van der Waals surface area contributed by atoms with E-state index in [-0.39, 0.29) is 12.1 Å². The zero-order valence-electron chi connectivity index (χ0n) is 11.5. The minimum atomic E-state index is -0.222. The molecule has 3 nitrogen and oxygen atoms in total. The molecule has 0 saturated carbocycles. The normalized spacial score (nSPS) is 13.6. The minimum Gasteiger partial charge on any atom is -0.497 e. The first-order chi connectivity index (χ1) is 9.60. The van der Waals surface area contributed by atoms with Gasteiger partial charge in [0, 0.05) is 11.1 Å². The third-order valence-electron chi connectivity index (χ3n) is 3.00. The number of hydrogen-bond acceptors (Lipinski definition) is 3. The van der Waals surface area contributed by atoms with Crippen LogP contribution in [0, 0.1) is 0 Å². The van der Waals surface area contributed by atoms with E-state index in [1.54, 1.807) is 7.11 Å². The predicted molar refractivity (Wildman–Crippen MR) is 81.5 cm³/mol. The summed E-state index contributed by atoms with van der Waals surface area (Å²) >= 11 is 5.90. The molecule has 0 aliphatic heterocycles. The molecular formula is C16H18ClNO2. The van der Waals surface area contributed by atoms with Crippen molar-refractivity contribution in [2.75, 3.05) is 7.11 Å². The Kier molecular flexibility index (Phi) is 4.88. The van der Waals surface area contributed by atoms with Crippen molar-refractivity contribution >= 4 is 11.6 Å². The lowest BCUT2D eigenvalue weighted by atomic mass is 10.0. The Morgan fingerprint density at radius 2 is 1.50 bits per heavy atom. The Morgan fingerprint density at radius 3 is 2.00 bits per heavy atom. The smallest absolute Gasteiger partial charge is 0.138 e. The van der Waals surface area contributed by atoms with Gasteiger partial charge in [-0.05, 0) is 48.9 Å². The second-order valence-electron chi connectivity index (χ2n) is 4.62. The SMILES string of the molecule is COc1ccc(OC(c2ccc(Cl)cc2)C(C)N)cc1. The van der Waals surface area contributed by atoms with E-state index < -0.39 is 0 Å². The molecule has 0 fully saturated rings. The fraction of sp³-hybridized carbons (Fsp3) is 0.250. The molecule has 2 aromatic carbocycles. The van der Waals surface area contributed by atoms with Crippen molar-refractivity contribution in [3.8, 4) is 11.5 Å². The van der Waals surface area contributed by atoms with Gasteiger partial charge in [-0.3, -0.25) is 0 Å². The highest BCUT2D eigenvalue weighted by Crippen LogP contribution is 2.26. The highest BCUT2D eigenvalue weighted by Gasteiger charge is 2.18. The van der Waals surface area contributed by atoms with Gasteiger partial charge >= 0.3 is 0 Å². The van der Waals surface area contributed by atoms with Crippen LogP contribution < -0.4 is 15.2 Å². The quantitative estimate of drug-likeness (QED) is 0.911. The van der Waals surface area contributed by atoms with E-state index in [0.717, 1.165) is 17.1 Å². The van der Waals surface area contributed by atoms with Crippen LogP contribution in [0.25, 0.3) is 0 Å². The first-order valence-electron chi connectivity index (χ1n) is 6.42. The van der Waals surface area contributed by atoms with Gasteiger partial charge in [-0.2, -0.15) is 0 Å². The Morgan fingerprint density at radius 1 is 0.950 bits per heavy atom. The lowest BCUT2D eigenvalue weighted by Crippen LogP contribution is -2.29. The molecule has 0 spiro atoms. The number of halogens is 1. The predicted octanol–water partition coefficient (Wildman–Crippen LogP) is 3.82. The Balaban J connectivity index is 2.18. The van der Waals surface area contributed by atoms with Crippen molar-refractivity contribution in [1.82, 2.24) is 0 Å². The van der Waals surface area contributed by atoms with Crippen molar-refractivity contribution in [3.05, 3.63) is 59.1 Å². The fourth-order valence-corrected chi connectivity index (χ4v) is 2.06. The van der Waals surface area contributed by atoms with Crippen molar-refractivity contribution in [2.45, 2.75) is 19.1 Å². The van der Waals surface area contributed by atoms with Crippen LogP contribution in [0.5, 0.6) is 11.5 Å². The number of benzene rings is 2. The van der Waals surface area contributed by atoms with Crippen LogP contribution in [-0.2, 0) is 0 Å². The number of methoxy groups -OCH3 is 1. The van der Waals surface area contributed by atoms with Crippen LogP contribution in [0.2, 0.25) is 5.02 Å². The van der Waals surface area contributed by atoms with Crippen molar-refractivity contribution in [1.29, 1.82) is 0 Å². The van der Waals surface area contributed by atoms with Crippen LogP contribution >= 0.6 is 11.6 Å². The van der Waals surface area contributed by atoms with Crippen LogP contribution in [-0.4, -0.2) is 13.2 Å². The summed E-state index contributed by atoms with van der Waals surface area (Å²) < 4.78 is 11.1. The summed E-state index contributed by atoms with van der Waals surface area (Å²) in [6.07, 6.45) is -0.222. The van der Waals surface area contributed by atoms with E-state index in [0.29, 0.717) is 5.02 Å². The third kappa shape index (κ3) is 3.65. The highest BCUT2D eigenvalue weighted by molar-refractivity contribution is 6.30. The topological polar surface area (TPSA) is 44.5 Å². The molecule has 0 radical (unpaired) electrons. The van der Waals surface area contributed by atoms with Crippen molar-refractivity contribution in [3.63, 3.8) is 0 Å². The number of ether oxygens (including phenoxy) is 2. The summed E-state index contributed by atoms with van der Waals surface area (Å²) in [5.74, 6) is 1.55. The van der Waals surface area contributed by atoms with E-state index in [1.807, 2.05) is 55.5 Å². The molecule has 0 aliphatic carbocycles. The number of hydrogen-bond donors (Lipinski definition) is 1. The molecule has 0 amide bonds. The molecular weight excluding hydrogens is 274 g/mol. The minimum absolute atomic E-state index is 0.140. The molecule has 2 atom stereocenters. The fourth-order valence-electron chi connectivity index (χ4n) is 1.93. The van der Waals surface area contributed by atoms with Crippen LogP contribution in [0.1, 0.15) is 18.6 Å². The Hall–Kier alpha value is -1.71. The summed E-state index contributed by atoms with van der Waals surface area (Å²) in [7, 11) is 1.63. The Bertz CT molecular complexity index is 537. The molecule has 0 bridgehead atoms. The molecule has 0 saturated heterocycles. The molecule has 106 valence electrons. The number of rotatable bonds is 5. The van der Waals surface area contributed by atoms with Gasteiger partial charge in [0.15, 0.2) is 0 Å². The Labute approximate surface area is 124 Å². The molecule has 0 aliphatic rings. The molecule has 0 aromatic heterocycles. The first-order valence-corrected chi connectivity index (χ1v) is 6.79. The standard InChI is InChI=1S/C16H18ClNO2/c1-11(18)16(12-3-5-13(17)6-4-12)20-15-9-7-14(19-2)8-10-15/h3-11,16H,18H2,1-2H3. The average molecular weight is 292 g/mol. The van der Waals surface area contributed by atoms with Gasteiger partial charge in [0.05, 0.1) is 7.11 Å². The zero-order chi connectivity index (χ0) is 14.5. The maximum absolute atomic E-state index is 6.03. The van der Waals surface area contributed by atoms with Crippen molar-refractivity contribution < 1.29 is 9.47 Å². The van der Waals surface area contributed by atoms with Gasteiger partial charge in [0.25, 0.3) is 0 Å². The molecule has 20 heavy (non-hydrogen) atoms. The van der Waals surface area contributed by atoms with Gasteiger partial charge in [0.1, 0.15) is 17.6 Å². The van der Waals surface area contributed by atoms with Gasteiger partial charge in [-0.25, -0.2) is 0 Å². The molecule has 2 rings (SSSR count). The molecule has 2 aromatic rings. The maximum Gasteiger partial charge on any atom is 0.138 e. The van der Waals surface area contributed by atoms with Crippen LogP contribution in [0.4, 0.5) is 0 Å². The zero-order valence-corrected chi connectivity index (χ0v) is 12.3. The van der Waals surface area contributed by atoms with Crippen LogP contribution in [0.3, 0.4) is 0 Å². The maximum atomic E-state index is 6.03. The van der Waals surface area contributed by atoms with Gasteiger partial charge in [-0.1, -0.05) is 23.7 Å². The molecule has 0 heterocycles. The molecule has 2 N–H and O–H groups in total. The van der Waals surface area contributed by atoms with Crippen molar-refractivity contribution in [2.24, 2.45) is 5.73 Å². The lowest BCUT2D eigenvalue weighted by molar-refractivity contribution is 0.180. The largest absolute Gasteiger partial charge is 0.497 e. The van der Waals surface area contributed by atoms with Crippen LogP contribution in [0.15, 0.2) is 48.5 Å². The van der Waals surface area contributed by atoms with Gasteiger partial charge < -0.3 is 15.2 Å². The second-order valence-corrected chi connectivity index (χ2v) is 5.06. The van der Waals surface area contributed by atoms with E-state index >= 15 is 0 Å². The third-order valence-corrected chi connectivity index (χ3v) is 3.25. The highest BCUT2D eigenvalue weighted by atomic mass is 35.5. The van der Waals surface area contributed by atoms with Gasteiger partial charge in [0.2, 0.25) is 0 Å². The summed E-state index contributed by atoms with van der Waals surface area (Å²) in [4.78, 5) is 0. The van der Waals surface area contributed by atoms with Gasteiger partial charge in [-0.15, -0.1) is 0 Å². The second kappa shape index (κ2) is 6.64. The summed E-state index contributed by atoms with van der Waals surface area (Å²) in [5.41, 5.74) is 7.03. The number of nitrogens with two attached hydrogens (primary N) is 1. The van der Waals surface area contributed by atoms with E-state index in [4.69, 9.17) is 26.8 Å². The summed E-state index contributed by atoms with van der Waals surface area (Å²) in [6, 6.07) is 14.8.